The normalized spacial score (nSPS) is 17.1. The number of nitrogens with one attached hydrogen (secondary N) is 2. The van der Waals surface area contributed by atoms with Crippen molar-refractivity contribution in [2.24, 2.45) is 0 Å². The summed E-state index contributed by atoms with van der Waals surface area (Å²) in [6, 6.07) is 7.93. The van der Waals surface area contributed by atoms with Crippen LogP contribution in [0.15, 0.2) is 42.6 Å². The average molecular weight is 485 g/mol. The molecule has 1 fully saturated rings. The lowest BCUT2D eigenvalue weighted by atomic mass is 10.3. The van der Waals surface area contributed by atoms with Gasteiger partial charge in [0.15, 0.2) is 11.6 Å². The number of anilines is 2. The first-order chi connectivity index (χ1) is 15.2. The van der Waals surface area contributed by atoms with Crippen LogP contribution in [0.2, 0.25) is 5.02 Å². The molecule has 1 amide bonds. The highest BCUT2D eigenvalue weighted by Gasteiger charge is 2.31. The average Bonchev–Trinajstić information content (AvgIpc) is 3.30. The number of aromatic nitrogens is 1. The van der Waals surface area contributed by atoms with E-state index in [0.29, 0.717) is 11.9 Å². The fourth-order valence-corrected chi connectivity index (χ4v) is 5.17. The molecule has 1 aliphatic rings. The van der Waals surface area contributed by atoms with Gasteiger partial charge in [0.25, 0.3) is 5.91 Å². The molecule has 2 aromatic heterocycles. The van der Waals surface area contributed by atoms with Crippen LogP contribution in [0.5, 0.6) is 0 Å². The van der Waals surface area contributed by atoms with E-state index < -0.39 is 39.5 Å². The second-order valence-electron chi connectivity index (χ2n) is 7.31. The number of nitrogens with zero attached hydrogens (tertiary/aromatic N) is 2. The third kappa shape index (κ3) is 4.29. The monoisotopic (exact) mass is 484 g/mol. The van der Waals surface area contributed by atoms with Crippen molar-refractivity contribution in [1.82, 2.24) is 8.71 Å². The molecule has 12 heteroatoms. The number of aliphatic hydroxyl groups excluding tert-OH is 1. The van der Waals surface area contributed by atoms with Crippen LogP contribution in [-0.4, -0.2) is 53.2 Å². The zero-order chi connectivity index (χ0) is 23.0. The van der Waals surface area contributed by atoms with Crippen molar-refractivity contribution >= 4 is 44.4 Å². The van der Waals surface area contributed by atoms with Crippen molar-refractivity contribution in [3.05, 3.63) is 64.9 Å². The molecule has 170 valence electrons. The largest absolute Gasteiger partial charge is 0.392 e. The van der Waals surface area contributed by atoms with Crippen LogP contribution in [0.4, 0.5) is 20.2 Å². The van der Waals surface area contributed by atoms with Gasteiger partial charge < -0.3 is 20.1 Å². The summed E-state index contributed by atoms with van der Waals surface area (Å²) in [5.74, 6) is -3.35. The molecule has 1 saturated heterocycles. The number of hydrogen-bond donors (Lipinski definition) is 3. The Morgan fingerprint density at radius 2 is 2.00 bits per heavy atom. The van der Waals surface area contributed by atoms with E-state index in [1.165, 1.54) is 14.8 Å². The van der Waals surface area contributed by atoms with E-state index in [0.717, 1.165) is 12.1 Å². The van der Waals surface area contributed by atoms with E-state index in [9.17, 15) is 27.1 Å². The van der Waals surface area contributed by atoms with Gasteiger partial charge in [-0.25, -0.2) is 17.2 Å². The zero-order valence-corrected chi connectivity index (χ0v) is 18.1. The second kappa shape index (κ2) is 8.66. The summed E-state index contributed by atoms with van der Waals surface area (Å²) in [5, 5.41) is 14.8. The number of sulfonamides is 1. The van der Waals surface area contributed by atoms with Crippen LogP contribution in [0.1, 0.15) is 16.9 Å². The first-order valence-corrected chi connectivity index (χ1v) is 11.6. The van der Waals surface area contributed by atoms with Crippen LogP contribution in [0.25, 0.3) is 5.52 Å². The van der Waals surface area contributed by atoms with Crippen molar-refractivity contribution in [3.8, 4) is 0 Å². The Balaban J connectivity index is 1.63. The van der Waals surface area contributed by atoms with Crippen molar-refractivity contribution in [1.29, 1.82) is 0 Å². The molecule has 8 nitrogen and oxygen atoms in total. The molecule has 0 saturated carbocycles. The van der Waals surface area contributed by atoms with Gasteiger partial charge in [0.2, 0.25) is 10.0 Å². The number of aliphatic hydroxyl groups is 1. The molecule has 4 rings (SSSR count). The van der Waals surface area contributed by atoms with Crippen LogP contribution in [-0.2, 0) is 10.0 Å². The number of fused-ring (bicyclic) bond motifs is 1. The van der Waals surface area contributed by atoms with Gasteiger partial charge in [-0.05, 0) is 30.7 Å². The highest BCUT2D eigenvalue weighted by Crippen LogP contribution is 2.34. The number of amides is 1. The fourth-order valence-electron chi connectivity index (χ4n) is 3.54. The number of halogens is 3. The molecule has 1 atom stereocenters. The van der Waals surface area contributed by atoms with Crippen LogP contribution < -0.4 is 10.6 Å². The summed E-state index contributed by atoms with van der Waals surface area (Å²) >= 11 is 6.45. The van der Waals surface area contributed by atoms with E-state index >= 15 is 0 Å². The van der Waals surface area contributed by atoms with Crippen LogP contribution in [0.3, 0.4) is 0 Å². The lowest BCUT2D eigenvalue weighted by molar-refractivity contribution is 0.102. The molecule has 0 spiro atoms. The summed E-state index contributed by atoms with van der Waals surface area (Å²) in [6.45, 7) is 0.243. The number of rotatable bonds is 6. The maximum atomic E-state index is 13.5. The van der Waals surface area contributed by atoms with Crippen molar-refractivity contribution in [3.63, 3.8) is 0 Å². The Morgan fingerprint density at radius 3 is 2.69 bits per heavy atom. The molecule has 0 aliphatic carbocycles. The second-order valence-corrected chi connectivity index (χ2v) is 9.66. The number of β-amino-alcohol motifs (C(OH)–C–C–N with tert-alkyl or cyclic N) is 1. The molecule has 0 bridgehead atoms. The predicted octanol–water partition coefficient (Wildman–Crippen LogP) is 2.89. The molecule has 1 aromatic carbocycles. The molecule has 0 radical (unpaired) electrons. The SMILES string of the molecule is O=C(Nc1ccc(F)c(F)c1)c1c(Cl)c(NCS(=O)(=O)N2CCC(O)C2)c2ccccn12. The van der Waals surface area contributed by atoms with Gasteiger partial charge in [0, 0.05) is 31.0 Å². The molecule has 3 heterocycles. The zero-order valence-electron chi connectivity index (χ0n) is 16.6. The molecule has 1 unspecified atom stereocenters. The number of hydrogen-bond acceptors (Lipinski definition) is 5. The maximum Gasteiger partial charge on any atom is 0.274 e. The third-order valence-electron chi connectivity index (χ3n) is 5.13. The first kappa shape index (κ1) is 22.5. The summed E-state index contributed by atoms with van der Waals surface area (Å²) in [5.41, 5.74) is 0.694. The van der Waals surface area contributed by atoms with E-state index in [4.69, 9.17) is 11.6 Å². The van der Waals surface area contributed by atoms with Gasteiger partial charge >= 0.3 is 0 Å². The lowest BCUT2D eigenvalue weighted by Gasteiger charge is -2.16. The van der Waals surface area contributed by atoms with Gasteiger partial charge in [-0.3, -0.25) is 4.79 Å². The van der Waals surface area contributed by atoms with Gasteiger partial charge in [-0.1, -0.05) is 17.7 Å². The Bertz CT molecular complexity index is 1300. The summed E-state index contributed by atoms with van der Waals surface area (Å²) in [4.78, 5) is 12.9. The van der Waals surface area contributed by atoms with Gasteiger partial charge in [0.05, 0.1) is 22.3 Å². The van der Waals surface area contributed by atoms with E-state index in [1.54, 1.807) is 24.4 Å². The quantitative estimate of drug-likeness (QED) is 0.499. The van der Waals surface area contributed by atoms with Crippen molar-refractivity contribution in [2.75, 3.05) is 29.6 Å². The van der Waals surface area contributed by atoms with Crippen LogP contribution >= 0.6 is 11.6 Å². The summed E-state index contributed by atoms with van der Waals surface area (Å²) < 4.78 is 54.5. The van der Waals surface area contributed by atoms with Gasteiger partial charge in [-0.2, -0.15) is 4.31 Å². The molecule has 3 N–H and O–H groups in total. The van der Waals surface area contributed by atoms with Crippen molar-refractivity contribution < 1.29 is 27.1 Å². The minimum Gasteiger partial charge on any atom is -0.392 e. The minimum atomic E-state index is -3.73. The van der Waals surface area contributed by atoms with E-state index in [1.807, 2.05) is 0 Å². The van der Waals surface area contributed by atoms with Gasteiger partial charge in [-0.15, -0.1) is 0 Å². The number of benzene rings is 1. The van der Waals surface area contributed by atoms with Crippen LogP contribution in [0, 0.1) is 11.6 Å². The Labute approximate surface area is 187 Å². The topological polar surface area (TPSA) is 103 Å². The first-order valence-electron chi connectivity index (χ1n) is 9.62. The predicted molar refractivity (Wildman–Crippen MR) is 116 cm³/mol. The smallest absolute Gasteiger partial charge is 0.274 e. The summed E-state index contributed by atoms with van der Waals surface area (Å²) in [7, 11) is -3.73. The highest BCUT2D eigenvalue weighted by molar-refractivity contribution is 7.89. The number of carbonyl (C=O) groups excluding carboxylic acids is 1. The molecule has 1 aliphatic heterocycles. The Morgan fingerprint density at radius 1 is 1.22 bits per heavy atom. The molecule has 32 heavy (non-hydrogen) atoms. The molecular formula is C20H19ClF2N4O4S. The maximum absolute atomic E-state index is 13.5. The van der Waals surface area contributed by atoms with E-state index in [-0.39, 0.29) is 35.2 Å². The van der Waals surface area contributed by atoms with E-state index in [2.05, 4.69) is 10.6 Å². The summed E-state index contributed by atoms with van der Waals surface area (Å²) in [6.07, 6.45) is 1.23. The number of pyridine rings is 1. The lowest BCUT2D eigenvalue weighted by Crippen LogP contribution is -2.34. The Kier molecular flexibility index (Phi) is 6.08. The van der Waals surface area contributed by atoms with Gasteiger partial charge in [0.1, 0.15) is 11.6 Å². The number of carbonyl (C=O) groups is 1. The highest BCUT2D eigenvalue weighted by atomic mass is 35.5. The Hall–Kier alpha value is -2.73. The van der Waals surface area contributed by atoms with Crippen molar-refractivity contribution in [2.45, 2.75) is 12.5 Å². The molecular weight excluding hydrogens is 466 g/mol. The minimum absolute atomic E-state index is 0.0107. The third-order valence-corrected chi connectivity index (χ3v) is 7.12. The fraction of sp³-hybridized carbons (Fsp3) is 0.250. The standard InChI is InChI=1S/C20H19ClF2N4O4S/c21-17-18(24-11-32(30,31)26-8-6-13(28)10-26)16-3-1-2-7-27(16)19(17)20(29)25-12-4-5-14(22)15(23)9-12/h1-5,7,9,13,24,28H,6,8,10-11H2,(H,25,29). The molecule has 3 aromatic rings.